The van der Waals surface area contributed by atoms with Crippen molar-refractivity contribution in [1.82, 2.24) is 4.90 Å². The number of rotatable bonds is 2. The van der Waals surface area contributed by atoms with Crippen LogP contribution in [-0.4, -0.2) is 40.9 Å². The molecule has 21 heavy (non-hydrogen) atoms. The van der Waals surface area contributed by atoms with E-state index in [2.05, 4.69) is 4.74 Å². The van der Waals surface area contributed by atoms with Crippen LogP contribution in [0, 0.1) is 0 Å². The van der Waals surface area contributed by atoms with Crippen LogP contribution in [0.3, 0.4) is 0 Å². The first-order chi connectivity index (χ1) is 9.78. The largest absolute Gasteiger partial charge is 0.480 e. The number of carboxylic acids is 1. The Morgan fingerprint density at radius 2 is 1.90 bits per heavy atom. The number of aliphatic carboxylic acids is 1. The monoisotopic (exact) mass is 303 g/mol. The van der Waals surface area contributed by atoms with E-state index in [-0.39, 0.29) is 13.0 Å². The molecule has 0 saturated carbocycles. The molecule has 1 aromatic carbocycles. The van der Waals surface area contributed by atoms with Crippen LogP contribution < -0.4 is 0 Å². The second kappa shape index (κ2) is 5.63. The van der Waals surface area contributed by atoms with Crippen molar-refractivity contribution in [1.29, 1.82) is 0 Å². The van der Waals surface area contributed by atoms with Crippen molar-refractivity contribution >= 4 is 12.1 Å². The minimum Gasteiger partial charge on any atom is -0.480 e. The zero-order valence-electron chi connectivity index (χ0n) is 10.8. The van der Waals surface area contributed by atoms with Crippen molar-refractivity contribution < 1.29 is 32.6 Å². The van der Waals surface area contributed by atoms with Gasteiger partial charge in [0.2, 0.25) is 0 Å². The molecule has 1 N–H and O–H groups in total. The fraction of sp³-hybridized carbons (Fsp3) is 0.385. The summed E-state index contributed by atoms with van der Waals surface area (Å²) in [5.41, 5.74) is 1.45. The molecule has 0 saturated heterocycles. The molecule has 0 fully saturated rings. The lowest BCUT2D eigenvalue weighted by Gasteiger charge is -2.33. The van der Waals surface area contributed by atoms with Crippen LogP contribution in [0.4, 0.5) is 18.0 Å². The van der Waals surface area contributed by atoms with E-state index in [9.17, 15) is 22.8 Å². The molecule has 1 aromatic rings. The number of hydrogen-bond donors (Lipinski definition) is 1. The SMILES string of the molecule is O=C(O)[C@@H]1Cc2ccccc2CN1C(=O)OCC(F)(F)F. The molecule has 0 radical (unpaired) electrons. The first-order valence-electron chi connectivity index (χ1n) is 6.07. The lowest BCUT2D eigenvalue weighted by molar-refractivity contribution is -0.164. The molecular formula is C13H12F3NO4. The molecule has 8 heteroatoms. The van der Waals surface area contributed by atoms with E-state index >= 15 is 0 Å². The summed E-state index contributed by atoms with van der Waals surface area (Å²) in [6, 6.07) is 5.62. The number of carboxylic acid groups (broad SMARTS) is 1. The van der Waals surface area contributed by atoms with Crippen LogP contribution >= 0.6 is 0 Å². The maximum atomic E-state index is 12.1. The third kappa shape index (κ3) is 3.65. The standard InChI is InChI=1S/C13H12F3NO4/c14-13(15,16)7-21-12(20)17-6-9-4-2-1-3-8(9)5-10(17)11(18)19/h1-4,10H,5-7H2,(H,18,19)/t10-/m0/s1. The molecule has 0 aliphatic carbocycles. The highest BCUT2D eigenvalue weighted by molar-refractivity contribution is 5.81. The third-order valence-corrected chi connectivity index (χ3v) is 3.13. The van der Waals surface area contributed by atoms with Gasteiger partial charge in [0.15, 0.2) is 6.61 Å². The Hall–Kier alpha value is -2.25. The summed E-state index contributed by atoms with van der Waals surface area (Å²) in [4.78, 5) is 23.7. The van der Waals surface area contributed by atoms with E-state index in [0.29, 0.717) is 5.56 Å². The predicted molar refractivity (Wildman–Crippen MR) is 64.5 cm³/mol. The number of amides is 1. The smallest absolute Gasteiger partial charge is 0.422 e. The van der Waals surface area contributed by atoms with E-state index in [1.54, 1.807) is 24.3 Å². The van der Waals surface area contributed by atoms with Crippen molar-refractivity contribution in [3.05, 3.63) is 35.4 Å². The average molecular weight is 303 g/mol. The molecule has 2 rings (SSSR count). The van der Waals surface area contributed by atoms with Crippen LogP contribution in [0.2, 0.25) is 0 Å². The summed E-state index contributed by atoms with van der Waals surface area (Å²) in [7, 11) is 0. The predicted octanol–water partition coefficient (Wildman–Crippen LogP) is 2.20. The fourth-order valence-electron chi connectivity index (χ4n) is 2.16. The molecule has 0 aromatic heterocycles. The minimum absolute atomic E-state index is 0.0343. The molecule has 1 aliphatic heterocycles. The van der Waals surface area contributed by atoms with Crippen molar-refractivity contribution in [2.24, 2.45) is 0 Å². The Morgan fingerprint density at radius 3 is 2.48 bits per heavy atom. The molecule has 1 heterocycles. The Bertz CT molecular complexity index is 559. The molecule has 1 aliphatic rings. The van der Waals surface area contributed by atoms with Crippen molar-refractivity contribution in [3.63, 3.8) is 0 Å². The Kier molecular flexibility index (Phi) is 4.06. The zero-order chi connectivity index (χ0) is 15.6. The number of carbonyl (C=O) groups excluding carboxylic acids is 1. The van der Waals surface area contributed by atoms with Crippen LogP contribution in [0.15, 0.2) is 24.3 Å². The zero-order valence-corrected chi connectivity index (χ0v) is 10.8. The summed E-state index contributed by atoms with van der Waals surface area (Å²) >= 11 is 0. The first-order valence-corrected chi connectivity index (χ1v) is 6.07. The minimum atomic E-state index is -4.65. The summed E-state index contributed by atoms with van der Waals surface area (Å²) in [5.74, 6) is -1.28. The first kappa shape index (κ1) is 15.1. The van der Waals surface area contributed by atoms with Gasteiger partial charge in [-0.1, -0.05) is 24.3 Å². The van der Waals surface area contributed by atoms with Gasteiger partial charge in [-0.3, -0.25) is 4.90 Å². The van der Waals surface area contributed by atoms with Gasteiger partial charge in [0.05, 0.1) is 6.54 Å². The summed E-state index contributed by atoms with van der Waals surface area (Å²) < 4.78 is 40.3. The lowest BCUT2D eigenvalue weighted by atomic mass is 9.94. The highest BCUT2D eigenvalue weighted by atomic mass is 19.4. The van der Waals surface area contributed by atoms with E-state index < -0.39 is 30.9 Å². The molecular weight excluding hydrogens is 291 g/mol. The topological polar surface area (TPSA) is 66.8 Å². The van der Waals surface area contributed by atoms with E-state index in [4.69, 9.17) is 5.11 Å². The van der Waals surface area contributed by atoms with Crippen molar-refractivity contribution in [2.75, 3.05) is 6.61 Å². The molecule has 5 nitrogen and oxygen atoms in total. The maximum absolute atomic E-state index is 12.1. The third-order valence-electron chi connectivity index (χ3n) is 3.13. The maximum Gasteiger partial charge on any atom is 0.422 e. The Morgan fingerprint density at radius 1 is 1.29 bits per heavy atom. The summed E-state index contributed by atoms with van der Waals surface area (Å²) in [5, 5.41) is 9.14. The van der Waals surface area contributed by atoms with Gasteiger partial charge < -0.3 is 9.84 Å². The quantitative estimate of drug-likeness (QED) is 0.909. The second-order valence-electron chi connectivity index (χ2n) is 4.62. The van der Waals surface area contributed by atoms with Gasteiger partial charge in [-0.25, -0.2) is 9.59 Å². The number of halogens is 3. The Balaban J connectivity index is 2.17. The molecule has 0 spiro atoms. The highest BCUT2D eigenvalue weighted by Crippen LogP contribution is 2.25. The van der Waals surface area contributed by atoms with E-state index in [1.807, 2.05) is 0 Å². The summed E-state index contributed by atoms with van der Waals surface area (Å²) in [6.45, 7) is -1.83. The van der Waals surface area contributed by atoms with Gasteiger partial charge in [0.25, 0.3) is 0 Å². The highest BCUT2D eigenvalue weighted by Gasteiger charge is 2.37. The molecule has 1 amide bonds. The van der Waals surface area contributed by atoms with Crippen LogP contribution in [-0.2, 0) is 22.5 Å². The van der Waals surface area contributed by atoms with Crippen LogP contribution in [0.25, 0.3) is 0 Å². The number of nitrogens with zero attached hydrogens (tertiary/aromatic N) is 1. The second-order valence-corrected chi connectivity index (χ2v) is 4.62. The number of fused-ring (bicyclic) bond motifs is 1. The molecule has 0 bridgehead atoms. The van der Waals surface area contributed by atoms with Gasteiger partial charge >= 0.3 is 18.2 Å². The van der Waals surface area contributed by atoms with Crippen molar-refractivity contribution in [3.8, 4) is 0 Å². The molecule has 1 atom stereocenters. The molecule has 114 valence electrons. The van der Waals surface area contributed by atoms with Gasteiger partial charge in [-0.15, -0.1) is 0 Å². The van der Waals surface area contributed by atoms with Gasteiger partial charge in [0, 0.05) is 6.42 Å². The van der Waals surface area contributed by atoms with Gasteiger partial charge in [0.1, 0.15) is 6.04 Å². The van der Waals surface area contributed by atoms with E-state index in [1.165, 1.54) is 0 Å². The van der Waals surface area contributed by atoms with Crippen molar-refractivity contribution in [2.45, 2.75) is 25.2 Å². The number of hydrogen-bond acceptors (Lipinski definition) is 3. The van der Waals surface area contributed by atoms with Gasteiger partial charge in [-0.05, 0) is 11.1 Å². The van der Waals surface area contributed by atoms with E-state index in [0.717, 1.165) is 10.5 Å². The van der Waals surface area contributed by atoms with Gasteiger partial charge in [-0.2, -0.15) is 13.2 Å². The lowest BCUT2D eigenvalue weighted by Crippen LogP contribution is -2.49. The normalized spacial score (nSPS) is 18.0. The Labute approximate surface area is 117 Å². The van der Waals surface area contributed by atoms with Crippen LogP contribution in [0.1, 0.15) is 11.1 Å². The number of ether oxygens (including phenoxy) is 1. The average Bonchev–Trinajstić information content (AvgIpc) is 2.42. The van der Waals surface area contributed by atoms with Crippen LogP contribution in [0.5, 0.6) is 0 Å². The fourth-order valence-corrected chi connectivity index (χ4v) is 2.16. The number of alkyl halides is 3. The number of benzene rings is 1. The molecule has 0 unspecified atom stereocenters. The summed E-state index contributed by atoms with van der Waals surface area (Å²) in [6.07, 6.45) is -5.90. The number of carbonyl (C=O) groups is 2.